The fraction of sp³-hybridized carbons (Fsp3) is 0.222. The van der Waals surface area contributed by atoms with Gasteiger partial charge in [-0.3, -0.25) is 0 Å². The number of rotatable bonds is 5. The summed E-state index contributed by atoms with van der Waals surface area (Å²) < 4.78 is 29.3. The number of nitrogens with zero attached hydrogens (tertiary/aromatic N) is 3. The Morgan fingerprint density at radius 2 is 1.96 bits per heavy atom. The van der Waals surface area contributed by atoms with Gasteiger partial charge in [0, 0.05) is 27.6 Å². The molecule has 26 heavy (non-hydrogen) atoms. The van der Waals surface area contributed by atoms with Crippen molar-refractivity contribution in [2.24, 2.45) is 0 Å². The Hall–Kier alpha value is -2.02. The zero-order valence-corrected chi connectivity index (χ0v) is 15.2. The summed E-state index contributed by atoms with van der Waals surface area (Å²) in [6, 6.07) is 7.91. The molecule has 0 aliphatic carbocycles. The Morgan fingerprint density at radius 3 is 2.58 bits per heavy atom. The molecule has 0 bridgehead atoms. The Labute approximate surface area is 159 Å². The van der Waals surface area contributed by atoms with Crippen molar-refractivity contribution in [1.29, 1.82) is 0 Å². The van der Waals surface area contributed by atoms with Crippen molar-refractivity contribution in [3.8, 4) is 0 Å². The van der Waals surface area contributed by atoms with Gasteiger partial charge in [-0.1, -0.05) is 42.3 Å². The lowest BCUT2D eigenvalue weighted by Gasteiger charge is -2.35. The maximum absolute atomic E-state index is 14.5. The highest BCUT2D eigenvalue weighted by atomic mass is 35.5. The predicted octanol–water partition coefficient (Wildman–Crippen LogP) is 4.55. The van der Waals surface area contributed by atoms with Gasteiger partial charge in [0.25, 0.3) is 0 Å². The molecule has 2 atom stereocenters. The average molecular weight is 398 g/mol. The highest BCUT2D eigenvalue weighted by Crippen LogP contribution is 2.42. The van der Waals surface area contributed by atoms with Crippen LogP contribution in [0.2, 0.25) is 10.0 Å². The van der Waals surface area contributed by atoms with E-state index >= 15 is 0 Å². The molecule has 8 heteroatoms. The van der Waals surface area contributed by atoms with Crippen LogP contribution < -0.4 is 0 Å². The molecule has 0 saturated heterocycles. The van der Waals surface area contributed by atoms with Gasteiger partial charge >= 0.3 is 0 Å². The van der Waals surface area contributed by atoms with E-state index in [2.05, 4.69) is 10.1 Å². The zero-order valence-electron chi connectivity index (χ0n) is 13.7. The number of hydrogen-bond acceptors (Lipinski definition) is 3. The number of aliphatic hydroxyl groups is 1. The maximum atomic E-state index is 14.5. The molecule has 1 heterocycles. The quantitative estimate of drug-likeness (QED) is 0.686. The molecule has 1 aromatic heterocycles. The first-order valence-electron chi connectivity index (χ1n) is 7.76. The van der Waals surface area contributed by atoms with Crippen LogP contribution in [0, 0.1) is 11.6 Å². The Morgan fingerprint density at radius 1 is 1.19 bits per heavy atom. The summed E-state index contributed by atoms with van der Waals surface area (Å²) in [6.07, 6.45) is 2.71. The maximum Gasteiger partial charge on any atom is 0.137 e. The van der Waals surface area contributed by atoms with Crippen molar-refractivity contribution in [1.82, 2.24) is 14.8 Å². The molecule has 3 aromatic rings. The fourth-order valence-electron chi connectivity index (χ4n) is 2.97. The summed E-state index contributed by atoms with van der Waals surface area (Å²) in [6.45, 7) is 1.60. The zero-order chi connectivity index (χ0) is 18.9. The Kier molecular flexibility index (Phi) is 5.27. The minimum Gasteiger partial charge on any atom is -0.382 e. The third-order valence-electron chi connectivity index (χ3n) is 4.41. The van der Waals surface area contributed by atoms with Gasteiger partial charge in [-0.15, -0.1) is 0 Å². The number of aromatic nitrogens is 3. The van der Waals surface area contributed by atoms with Gasteiger partial charge in [0.1, 0.15) is 29.9 Å². The molecule has 0 aliphatic rings. The largest absolute Gasteiger partial charge is 0.382 e. The first-order chi connectivity index (χ1) is 12.3. The Bertz CT molecular complexity index is 921. The van der Waals surface area contributed by atoms with Gasteiger partial charge in [-0.2, -0.15) is 5.10 Å². The van der Waals surface area contributed by atoms with Crippen LogP contribution in [-0.4, -0.2) is 19.9 Å². The van der Waals surface area contributed by atoms with Crippen molar-refractivity contribution < 1.29 is 13.9 Å². The van der Waals surface area contributed by atoms with Crippen LogP contribution in [0.1, 0.15) is 24.0 Å². The molecule has 0 amide bonds. The molecule has 0 fully saturated rings. The number of halogens is 4. The summed E-state index contributed by atoms with van der Waals surface area (Å²) in [4.78, 5) is 3.84. The molecule has 0 spiro atoms. The molecule has 0 radical (unpaired) electrons. The third-order valence-corrected chi connectivity index (χ3v) is 4.97. The lowest BCUT2D eigenvalue weighted by Crippen LogP contribution is -2.38. The molecule has 2 unspecified atom stereocenters. The molecule has 0 aliphatic heterocycles. The van der Waals surface area contributed by atoms with Gasteiger partial charge in [0.15, 0.2) is 0 Å². The lowest BCUT2D eigenvalue weighted by atomic mass is 9.78. The van der Waals surface area contributed by atoms with Crippen molar-refractivity contribution in [3.05, 3.63) is 81.9 Å². The van der Waals surface area contributed by atoms with Crippen LogP contribution in [-0.2, 0) is 12.1 Å². The third kappa shape index (κ3) is 3.58. The summed E-state index contributed by atoms with van der Waals surface area (Å²) in [5.41, 5.74) is -1.25. The summed E-state index contributed by atoms with van der Waals surface area (Å²) in [5, 5.41) is 16.3. The number of hydrogen-bond donors (Lipinski definition) is 1. The molecule has 4 nitrogen and oxygen atoms in total. The van der Waals surface area contributed by atoms with Crippen LogP contribution in [0.15, 0.2) is 49.1 Å². The van der Waals surface area contributed by atoms with E-state index in [4.69, 9.17) is 23.2 Å². The highest BCUT2D eigenvalue weighted by molar-refractivity contribution is 6.35. The van der Waals surface area contributed by atoms with Crippen LogP contribution in [0.5, 0.6) is 0 Å². The minimum atomic E-state index is -1.76. The second-order valence-electron chi connectivity index (χ2n) is 6.03. The van der Waals surface area contributed by atoms with Gasteiger partial charge in [0.2, 0.25) is 0 Å². The molecule has 136 valence electrons. The SMILES string of the molecule is CC(c1ccc(Cl)cc1Cl)C(O)(Cn1cncn1)c1ccc(F)cc1F. The van der Waals surface area contributed by atoms with E-state index in [1.807, 2.05) is 0 Å². The lowest BCUT2D eigenvalue weighted by molar-refractivity contribution is -0.0111. The fourth-order valence-corrected chi connectivity index (χ4v) is 3.54. The monoisotopic (exact) mass is 397 g/mol. The molecule has 3 rings (SSSR count). The van der Waals surface area contributed by atoms with E-state index < -0.39 is 23.2 Å². The van der Waals surface area contributed by atoms with E-state index in [1.54, 1.807) is 25.1 Å². The first-order valence-corrected chi connectivity index (χ1v) is 8.52. The first kappa shape index (κ1) is 18.8. The summed E-state index contributed by atoms with van der Waals surface area (Å²) in [5.74, 6) is -2.24. The average Bonchev–Trinajstić information content (AvgIpc) is 3.06. The van der Waals surface area contributed by atoms with Crippen LogP contribution in [0.25, 0.3) is 0 Å². The van der Waals surface area contributed by atoms with E-state index in [0.717, 1.165) is 12.1 Å². The minimum absolute atomic E-state index is 0.0621. The van der Waals surface area contributed by atoms with Crippen LogP contribution in [0.3, 0.4) is 0 Å². The topological polar surface area (TPSA) is 50.9 Å². The smallest absolute Gasteiger partial charge is 0.137 e. The van der Waals surface area contributed by atoms with Gasteiger partial charge < -0.3 is 5.11 Å². The van der Waals surface area contributed by atoms with E-state index in [0.29, 0.717) is 15.6 Å². The van der Waals surface area contributed by atoms with Crippen LogP contribution in [0.4, 0.5) is 8.78 Å². The van der Waals surface area contributed by atoms with Crippen molar-refractivity contribution in [3.63, 3.8) is 0 Å². The highest BCUT2D eigenvalue weighted by Gasteiger charge is 2.40. The van der Waals surface area contributed by atoms with Gasteiger partial charge in [-0.05, 0) is 23.8 Å². The van der Waals surface area contributed by atoms with Gasteiger partial charge in [0.05, 0.1) is 6.54 Å². The van der Waals surface area contributed by atoms with E-state index in [1.165, 1.54) is 23.4 Å². The molecule has 0 saturated carbocycles. The van der Waals surface area contributed by atoms with Crippen molar-refractivity contribution >= 4 is 23.2 Å². The molecule has 1 N–H and O–H groups in total. The van der Waals surface area contributed by atoms with Crippen molar-refractivity contribution in [2.75, 3.05) is 0 Å². The predicted molar refractivity (Wildman–Crippen MR) is 95.2 cm³/mol. The van der Waals surface area contributed by atoms with Gasteiger partial charge in [-0.25, -0.2) is 18.4 Å². The number of benzene rings is 2. The van der Waals surface area contributed by atoms with Crippen LogP contribution >= 0.6 is 23.2 Å². The van der Waals surface area contributed by atoms with E-state index in [-0.39, 0.29) is 12.1 Å². The standard InChI is InChI=1S/C18H15Cl2F2N3O/c1-11(14-4-2-12(19)6-16(14)20)18(26,8-25-10-23-9-24-25)15-5-3-13(21)7-17(15)22/h2-7,9-11,26H,8H2,1H3. The molecular formula is C18H15Cl2F2N3O. The molecular weight excluding hydrogens is 383 g/mol. The molecule has 2 aromatic carbocycles. The van der Waals surface area contributed by atoms with Crippen molar-refractivity contribution in [2.45, 2.75) is 25.0 Å². The summed E-state index contributed by atoms with van der Waals surface area (Å²) >= 11 is 12.2. The second-order valence-corrected chi connectivity index (χ2v) is 6.87. The normalized spacial score (nSPS) is 14.8. The summed E-state index contributed by atoms with van der Waals surface area (Å²) in [7, 11) is 0. The second kappa shape index (κ2) is 7.31. The Balaban J connectivity index is 2.13. The van der Waals surface area contributed by atoms with E-state index in [9.17, 15) is 13.9 Å².